The number of piperidine rings is 1. The number of nitrogens with zero attached hydrogens (tertiary/aromatic N) is 1. The predicted molar refractivity (Wildman–Crippen MR) is 196 cm³/mol. The minimum absolute atomic E-state index is 0.0815. The van der Waals surface area contributed by atoms with Crippen molar-refractivity contribution < 1.29 is 62.0 Å². The van der Waals surface area contributed by atoms with Crippen LogP contribution in [-0.2, 0) is 52.4 Å². The molecular weight excluding hydrogens is 738 g/mol. The summed E-state index contributed by atoms with van der Waals surface area (Å²) in [6.45, 7) is 11.1. The molecule has 2 saturated heterocycles. The molecule has 0 amide bonds. The highest BCUT2D eigenvalue weighted by molar-refractivity contribution is 5.90. The first kappa shape index (κ1) is 38.5. The maximum absolute atomic E-state index is 14.1. The maximum atomic E-state index is 14.1. The van der Waals surface area contributed by atoms with E-state index in [1.807, 2.05) is 4.90 Å². The van der Waals surface area contributed by atoms with Crippen molar-refractivity contribution in [2.75, 3.05) is 7.05 Å². The minimum Gasteiger partial charge on any atom is -0.461 e. The lowest BCUT2D eigenvalue weighted by molar-refractivity contribution is -0.312. The van der Waals surface area contributed by atoms with Crippen LogP contribution in [0.4, 0.5) is 0 Å². The maximum Gasteiger partial charge on any atom is 0.338 e. The number of rotatable bonds is 9. The van der Waals surface area contributed by atoms with Crippen molar-refractivity contribution in [2.24, 2.45) is 39.9 Å². The summed E-state index contributed by atoms with van der Waals surface area (Å²) < 4.78 is 38.2. The Morgan fingerprint density at radius 1 is 0.684 bits per heavy atom. The number of carbonyl (C=O) groups is 7. The number of fused-ring (bicyclic) bond motifs is 1. The largest absolute Gasteiger partial charge is 0.461 e. The Hall–Kier alpha value is -5.37. The summed E-state index contributed by atoms with van der Waals surface area (Å²) in [5.74, 6) is -7.81. The van der Waals surface area contributed by atoms with Crippen molar-refractivity contribution in [1.29, 1.82) is 0 Å². The number of benzene rings is 2. The second-order valence-electron chi connectivity index (χ2n) is 16.7. The molecule has 6 saturated carbocycles. The van der Waals surface area contributed by atoms with Crippen molar-refractivity contribution in [1.82, 2.24) is 4.90 Å². The molecule has 10 rings (SSSR count). The van der Waals surface area contributed by atoms with Gasteiger partial charge in [0.05, 0.1) is 28.5 Å². The standard InChI is InChI=1S/C43H45NO13/c1-20-28-31(57-40(51)26-16-12-9-13-17-26)29-35-43-33(41(6,19-45)18-27(37(43)54-23(4)48)56-39(50)25-14-10-8-11-15-25)30(44(35)7)38(55-24(5)49)42(29,36(20)53-22(3)47)34(43)32(28)52-21(2)46/h8-17,19,27-38H,1,18H2,2-7H3/t27-,28-,29+,30+,31-,32+,33+,34+,35+,36-,37+,38-,41-,42-,43+/m0/s1. The molecule has 14 nitrogen and oxygen atoms in total. The zero-order valence-electron chi connectivity index (χ0n) is 32.4. The molecule has 0 radical (unpaired) electrons. The molecule has 300 valence electrons. The third-order valence-electron chi connectivity index (χ3n) is 13.9. The van der Waals surface area contributed by atoms with E-state index >= 15 is 0 Å². The molecule has 2 aliphatic heterocycles. The number of carbonyl (C=O) groups excluding carboxylic acids is 7. The smallest absolute Gasteiger partial charge is 0.338 e. The van der Waals surface area contributed by atoms with Crippen molar-refractivity contribution in [2.45, 2.75) is 89.7 Å². The highest BCUT2D eigenvalue weighted by atomic mass is 16.6. The predicted octanol–water partition coefficient (Wildman–Crippen LogP) is 3.50. The van der Waals surface area contributed by atoms with Gasteiger partial charge in [-0.15, -0.1) is 0 Å². The van der Waals surface area contributed by atoms with Crippen molar-refractivity contribution >= 4 is 42.1 Å². The van der Waals surface area contributed by atoms with Crippen LogP contribution in [-0.4, -0.2) is 103 Å². The molecule has 2 aromatic carbocycles. The van der Waals surface area contributed by atoms with Gasteiger partial charge in [-0.25, -0.2) is 9.59 Å². The number of aldehydes is 1. The van der Waals surface area contributed by atoms with Gasteiger partial charge in [0, 0.05) is 68.7 Å². The molecule has 8 fully saturated rings. The summed E-state index contributed by atoms with van der Waals surface area (Å²) in [5, 5.41) is 0. The van der Waals surface area contributed by atoms with E-state index in [2.05, 4.69) is 6.58 Å². The fourth-order valence-corrected chi connectivity index (χ4v) is 13.0. The fourth-order valence-electron chi connectivity index (χ4n) is 13.0. The lowest BCUT2D eigenvalue weighted by Crippen LogP contribution is -2.81. The van der Waals surface area contributed by atoms with Crippen LogP contribution in [0.5, 0.6) is 0 Å². The monoisotopic (exact) mass is 783 g/mol. The van der Waals surface area contributed by atoms with E-state index in [0.717, 1.165) is 6.29 Å². The first-order chi connectivity index (χ1) is 27.0. The summed E-state index contributed by atoms with van der Waals surface area (Å²) >= 11 is 0. The third-order valence-corrected chi connectivity index (χ3v) is 13.9. The van der Waals surface area contributed by atoms with E-state index in [9.17, 15) is 33.6 Å². The van der Waals surface area contributed by atoms with Gasteiger partial charge in [0.25, 0.3) is 0 Å². The summed E-state index contributed by atoms with van der Waals surface area (Å²) in [5.41, 5.74) is -3.55. The topological polar surface area (TPSA) is 178 Å². The molecule has 8 aliphatic rings. The van der Waals surface area contributed by atoms with Gasteiger partial charge in [-0.1, -0.05) is 49.9 Å². The quantitative estimate of drug-likeness (QED) is 0.156. The van der Waals surface area contributed by atoms with E-state index in [0.29, 0.717) is 0 Å². The first-order valence-corrected chi connectivity index (χ1v) is 19.1. The van der Waals surface area contributed by atoms with Gasteiger partial charge in [-0.05, 0) is 36.9 Å². The van der Waals surface area contributed by atoms with E-state index in [1.165, 1.54) is 27.7 Å². The van der Waals surface area contributed by atoms with Gasteiger partial charge in [0.2, 0.25) is 0 Å². The Morgan fingerprint density at radius 3 is 1.74 bits per heavy atom. The van der Waals surface area contributed by atoms with Crippen LogP contribution in [0.25, 0.3) is 0 Å². The van der Waals surface area contributed by atoms with Crippen LogP contribution in [0.2, 0.25) is 0 Å². The first-order valence-electron chi connectivity index (χ1n) is 19.1. The number of likely N-dealkylation sites (N-methyl/N-ethyl adjacent to an activating group) is 1. The van der Waals surface area contributed by atoms with E-state index in [1.54, 1.807) is 74.6 Å². The van der Waals surface area contributed by atoms with E-state index in [4.69, 9.17) is 28.4 Å². The SMILES string of the molecule is C=C1[C@@H]2[C@@H](OC(C)=O)[C@@H]3[C@@]4([C@H]([C@H]2OC(=O)c2ccccc2)[C@H]2N(C)[C@@H]([C@@H]4OC(C)=O)[C@H]4[C@@]32[C@H](OC(C)=O)[C@@H](OC(=O)c2ccccc2)C[C@@]4(C)C=O)[C@H]1OC(C)=O. The number of ether oxygens (including phenoxy) is 6. The van der Waals surface area contributed by atoms with Gasteiger partial charge in [0.1, 0.15) is 42.9 Å². The van der Waals surface area contributed by atoms with Crippen LogP contribution in [0.3, 0.4) is 0 Å². The van der Waals surface area contributed by atoms with Gasteiger partial charge < -0.3 is 33.2 Å². The molecule has 0 aromatic heterocycles. The lowest BCUT2D eigenvalue weighted by Gasteiger charge is -2.71. The van der Waals surface area contributed by atoms with Gasteiger partial charge in [-0.3, -0.25) is 24.1 Å². The van der Waals surface area contributed by atoms with Gasteiger partial charge in [0.15, 0.2) is 0 Å². The van der Waals surface area contributed by atoms with E-state index < -0.39 is 124 Å². The van der Waals surface area contributed by atoms with Crippen LogP contribution in [0, 0.1) is 39.9 Å². The highest BCUT2D eigenvalue weighted by Gasteiger charge is 2.96. The summed E-state index contributed by atoms with van der Waals surface area (Å²) in [7, 11) is 1.81. The molecule has 0 N–H and O–H groups in total. The van der Waals surface area contributed by atoms with Crippen LogP contribution >= 0.6 is 0 Å². The Balaban J connectivity index is 1.44. The summed E-state index contributed by atoms with van der Waals surface area (Å²) in [6, 6.07) is 15.0. The van der Waals surface area contributed by atoms with Crippen molar-refractivity contribution in [3.8, 4) is 0 Å². The van der Waals surface area contributed by atoms with E-state index in [-0.39, 0.29) is 23.1 Å². The molecular formula is C43H45NO13. The molecule has 15 atom stereocenters. The average Bonchev–Trinajstić information content (AvgIpc) is 3.48. The van der Waals surface area contributed by atoms with Gasteiger partial charge >= 0.3 is 35.8 Å². The molecule has 2 heterocycles. The second-order valence-corrected chi connectivity index (χ2v) is 16.7. The molecule has 0 unspecified atom stereocenters. The van der Waals surface area contributed by atoms with Crippen LogP contribution in [0.1, 0.15) is 61.8 Å². The Morgan fingerprint density at radius 2 is 1.21 bits per heavy atom. The molecule has 14 heteroatoms. The van der Waals surface area contributed by atoms with Crippen LogP contribution in [0.15, 0.2) is 72.8 Å². The van der Waals surface area contributed by atoms with Gasteiger partial charge in [-0.2, -0.15) is 0 Å². The Kier molecular flexibility index (Phi) is 9.02. The molecule has 7 bridgehead atoms. The fraction of sp³-hybridized carbons (Fsp3) is 0.512. The average molecular weight is 784 g/mol. The third kappa shape index (κ3) is 5.14. The Bertz CT molecular complexity index is 2070. The normalized spacial score (nSPS) is 40.4. The summed E-state index contributed by atoms with van der Waals surface area (Å²) in [4.78, 5) is 97.0. The zero-order valence-corrected chi connectivity index (χ0v) is 32.4. The zero-order chi connectivity index (χ0) is 40.9. The minimum atomic E-state index is -1.53. The second kappa shape index (κ2) is 13.4. The molecule has 57 heavy (non-hydrogen) atoms. The number of hydrogen-bond donors (Lipinski definition) is 0. The Labute approximate surface area is 329 Å². The number of hydrogen-bond acceptors (Lipinski definition) is 14. The van der Waals surface area contributed by atoms with Crippen molar-refractivity contribution in [3.05, 3.63) is 83.9 Å². The highest BCUT2D eigenvalue weighted by Crippen LogP contribution is 2.86. The molecule has 2 spiro atoms. The number of esters is 6. The molecule has 6 aliphatic carbocycles. The lowest BCUT2D eigenvalue weighted by atomic mass is 9.36. The summed E-state index contributed by atoms with van der Waals surface area (Å²) in [6.07, 6.45) is -6.45. The molecule has 2 aromatic rings. The van der Waals surface area contributed by atoms with Crippen molar-refractivity contribution in [3.63, 3.8) is 0 Å². The van der Waals surface area contributed by atoms with Crippen LogP contribution < -0.4 is 0 Å².